The summed E-state index contributed by atoms with van der Waals surface area (Å²) in [6.45, 7) is 4.63. The molecular formula is C18H20F3N5O2. The van der Waals surface area contributed by atoms with E-state index in [-0.39, 0.29) is 11.3 Å². The highest BCUT2D eigenvalue weighted by atomic mass is 19.4. The normalized spacial score (nSPS) is 15.2. The summed E-state index contributed by atoms with van der Waals surface area (Å²) >= 11 is 0. The van der Waals surface area contributed by atoms with Crippen molar-refractivity contribution in [1.29, 1.82) is 0 Å². The average molecular weight is 395 g/mol. The van der Waals surface area contributed by atoms with Gasteiger partial charge in [0.15, 0.2) is 0 Å². The number of aromatic nitrogens is 2. The van der Waals surface area contributed by atoms with Crippen LogP contribution in [0.2, 0.25) is 0 Å². The molecule has 0 unspecified atom stereocenters. The van der Waals surface area contributed by atoms with Crippen molar-refractivity contribution in [2.45, 2.75) is 6.18 Å². The van der Waals surface area contributed by atoms with Gasteiger partial charge in [-0.3, -0.25) is 9.69 Å². The van der Waals surface area contributed by atoms with Crippen molar-refractivity contribution in [3.05, 3.63) is 47.8 Å². The topological polar surface area (TPSA) is 79.4 Å². The van der Waals surface area contributed by atoms with Crippen LogP contribution in [0.4, 0.5) is 24.8 Å². The number of nitrogens with one attached hydrogen (secondary N) is 2. The van der Waals surface area contributed by atoms with Gasteiger partial charge in [-0.15, -0.1) is 0 Å². The molecule has 1 fully saturated rings. The number of hydrogen-bond acceptors (Lipinski definition) is 6. The molecule has 0 aliphatic carbocycles. The van der Waals surface area contributed by atoms with Gasteiger partial charge in [0, 0.05) is 38.6 Å². The van der Waals surface area contributed by atoms with Gasteiger partial charge in [-0.05, 0) is 12.1 Å². The molecule has 7 nitrogen and oxygen atoms in total. The maximum absolute atomic E-state index is 13.0. The lowest BCUT2D eigenvalue weighted by atomic mass is 10.1. The lowest BCUT2D eigenvalue weighted by Crippen LogP contribution is -2.39. The zero-order valence-corrected chi connectivity index (χ0v) is 15.0. The van der Waals surface area contributed by atoms with Gasteiger partial charge in [-0.2, -0.15) is 13.2 Å². The van der Waals surface area contributed by atoms with Crippen molar-refractivity contribution in [1.82, 2.24) is 14.9 Å². The van der Waals surface area contributed by atoms with Crippen LogP contribution in [0, 0.1) is 0 Å². The van der Waals surface area contributed by atoms with E-state index in [9.17, 15) is 18.0 Å². The second kappa shape index (κ2) is 8.98. The first kappa shape index (κ1) is 20.0. The van der Waals surface area contributed by atoms with E-state index in [0.717, 1.165) is 38.9 Å². The van der Waals surface area contributed by atoms with Crippen LogP contribution in [0.3, 0.4) is 0 Å². The Morgan fingerprint density at radius 2 is 1.82 bits per heavy atom. The van der Waals surface area contributed by atoms with Gasteiger partial charge in [0.05, 0.1) is 30.0 Å². The summed E-state index contributed by atoms with van der Waals surface area (Å²) in [6.07, 6.45) is -2.01. The van der Waals surface area contributed by atoms with Crippen LogP contribution in [0.15, 0.2) is 36.7 Å². The van der Waals surface area contributed by atoms with E-state index in [1.54, 1.807) is 0 Å². The second-order valence-electron chi connectivity index (χ2n) is 6.17. The molecule has 1 aromatic carbocycles. The highest BCUT2D eigenvalue weighted by Crippen LogP contribution is 2.34. The third kappa shape index (κ3) is 5.40. The standard InChI is InChI=1S/C18H20F3N5O2/c19-18(20,21)14-3-1-2-4-15(14)25-16(27)13-11-23-17(24-12-13)22-5-6-26-7-9-28-10-8-26/h1-4,11-12H,5-10H2,(H,25,27)(H,22,23,24). The highest BCUT2D eigenvalue weighted by Gasteiger charge is 2.33. The minimum absolute atomic E-state index is 0.0655. The number of benzene rings is 1. The van der Waals surface area contributed by atoms with E-state index >= 15 is 0 Å². The minimum Gasteiger partial charge on any atom is -0.379 e. The zero-order chi connectivity index (χ0) is 20.0. The lowest BCUT2D eigenvalue weighted by Gasteiger charge is -2.26. The van der Waals surface area contributed by atoms with Gasteiger partial charge < -0.3 is 15.4 Å². The summed E-state index contributed by atoms with van der Waals surface area (Å²) in [4.78, 5) is 22.6. The Balaban J connectivity index is 1.55. The molecule has 3 rings (SSSR count). The number of anilines is 2. The molecular weight excluding hydrogens is 375 g/mol. The SMILES string of the molecule is O=C(Nc1ccccc1C(F)(F)F)c1cnc(NCCN2CCOCC2)nc1. The summed E-state index contributed by atoms with van der Waals surface area (Å²) in [6, 6.07) is 4.79. The third-order valence-electron chi connectivity index (χ3n) is 4.21. The molecule has 0 saturated carbocycles. The Morgan fingerprint density at radius 1 is 1.14 bits per heavy atom. The Kier molecular flexibility index (Phi) is 6.42. The van der Waals surface area contributed by atoms with Gasteiger partial charge in [0.1, 0.15) is 0 Å². The maximum atomic E-state index is 13.0. The van der Waals surface area contributed by atoms with E-state index in [2.05, 4.69) is 25.5 Å². The van der Waals surface area contributed by atoms with Crippen molar-refractivity contribution >= 4 is 17.5 Å². The number of hydrogen-bond donors (Lipinski definition) is 2. The zero-order valence-electron chi connectivity index (χ0n) is 15.0. The number of carbonyl (C=O) groups is 1. The molecule has 1 amide bonds. The van der Waals surface area contributed by atoms with Crippen LogP contribution in [-0.2, 0) is 10.9 Å². The van der Waals surface area contributed by atoms with Crippen LogP contribution in [0.5, 0.6) is 0 Å². The fourth-order valence-corrected chi connectivity index (χ4v) is 2.72. The van der Waals surface area contributed by atoms with Gasteiger partial charge in [0.2, 0.25) is 5.95 Å². The molecule has 10 heteroatoms. The smallest absolute Gasteiger partial charge is 0.379 e. The molecule has 0 radical (unpaired) electrons. The Morgan fingerprint density at radius 3 is 2.50 bits per heavy atom. The predicted octanol–water partition coefficient (Wildman–Crippen LogP) is 2.49. The highest BCUT2D eigenvalue weighted by molar-refractivity contribution is 6.04. The van der Waals surface area contributed by atoms with Crippen LogP contribution in [-0.4, -0.2) is 60.2 Å². The quantitative estimate of drug-likeness (QED) is 0.783. The number of amides is 1. The molecule has 28 heavy (non-hydrogen) atoms. The summed E-state index contributed by atoms with van der Waals surface area (Å²) in [5, 5.41) is 5.31. The van der Waals surface area contributed by atoms with Crippen molar-refractivity contribution in [3.8, 4) is 0 Å². The second-order valence-corrected chi connectivity index (χ2v) is 6.17. The average Bonchev–Trinajstić information content (AvgIpc) is 2.69. The molecule has 2 N–H and O–H groups in total. The predicted molar refractivity (Wildman–Crippen MR) is 97.2 cm³/mol. The molecule has 150 valence electrons. The molecule has 1 aliphatic heterocycles. The Labute approximate surface area is 159 Å². The van der Waals surface area contributed by atoms with Gasteiger partial charge in [0.25, 0.3) is 5.91 Å². The summed E-state index contributed by atoms with van der Waals surface area (Å²) in [7, 11) is 0. The molecule has 2 aromatic rings. The number of para-hydroxylation sites is 1. The monoisotopic (exact) mass is 395 g/mol. The Bertz CT molecular complexity index is 793. The van der Waals surface area contributed by atoms with Gasteiger partial charge in [-0.1, -0.05) is 12.1 Å². The molecule has 2 heterocycles. The van der Waals surface area contributed by atoms with Crippen molar-refractivity contribution in [2.24, 2.45) is 0 Å². The van der Waals surface area contributed by atoms with Crippen LogP contribution in [0.1, 0.15) is 15.9 Å². The molecule has 1 aromatic heterocycles. The number of morpholine rings is 1. The molecule has 1 aliphatic rings. The number of ether oxygens (including phenoxy) is 1. The number of nitrogens with zero attached hydrogens (tertiary/aromatic N) is 3. The van der Waals surface area contributed by atoms with Crippen LogP contribution < -0.4 is 10.6 Å². The van der Waals surface area contributed by atoms with E-state index < -0.39 is 17.6 Å². The van der Waals surface area contributed by atoms with Crippen molar-refractivity contribution in [3.63, 3.8) is 0 Å². The number of carbonyl (C=O) groups excluding carboxylic acids is 1. The lowest BCUT2D eigenvalue weighted by molar-refractivity contribution is -0.136. The van der Waals surface area contributed by atoms with Crippen LogP contribution in [0.25, 0.3) is 0 Å². The summed E-state index contributed by atoms with van der Waals surface area (Å²) < 4.78 is 44.3. The van der Waals surface area contributed by atoms with Gasteiger partial charge in [-0.25, -0.2) is 9.97 Å². The van der Waals surface area contributed by atoms with E-state index in [4.69, 9.17) is 4.74 Å². The first-order chi connectivity index (χ1) is 13.4. The first-order valence-corrected chi connectivity index (χ1v) is 8.77. The van der Waals surface area contributed by atoms with Gasteiger partial charge >= 0.3 is 6.18 Å². The molecule has 0 spiro atoms. The first-order valence-electron chi connectivity index (χ1n) is 8.77. The molecule has 0 bridgehead atoms. The number of halogens is 3. The van der Waals surface area contributed by atoms with E-state index in [0.29, 0.717) is 12.5 Å². The molecule has 1 saturated heterocycles. The number of alkyl halides is 3. The van der Waals surface area contributed by atoms with Crippen molar-refractivity contribution in [2.75, 3.05) is 50.0 Å². The summed E-state index contributed by atoms with van der Waals surface area (Å²) in [5.41, 5.74) is -1.16. The largest absolute Gasteiger partial charge is 0.418 e. The minimum atomic E-state index is -4.56. The fraction of sp³-hybridized carbons (Fsp3) is 0.389. The number of rotatable bonds is 6. The molecule has 0 atom stereocenters. The van der Waals surface area contributed by atoms with E-state index in [1.165, 1.54) is 30.6 Å². The fourth-order valence-electron chi connectivity index (χ4n) is 2.72. The third-order valence-corrected chi connectivity index (χ3v) is 4.21. The van der Waals surface area contributed by atoms with Crippen LogP contribution >= 0.6 is 0 Å². The van der Waals surface area contributed by atoms with Crippen molar-refractivity contribution < 1.29 is 22.7 Å². The summed E-state index contributed by atoms with van der Waals surface area (Å²) in [5.74, 6) is -0.364. The van der Waals surface area contributed by atoms with E-state index in [1.807, 2.05) is 0 Å². The maximum Gasteiger partial charge on any atom is 0.418 e. The Hall–Kier alpha value is -2.72.